The molecule has 4 aliphatic heterocycles. The van der Waals surface area contributed by atoms with E-state index in [1.165, 1.54) is 0 Å². The van der Waals surface area contributed by atoms with Crippen LogP contribution in [0, 0.1) is 22.7 Å². The van der Waals surface area contributed by atoms with E-state index in [0.29, 0.717) is 35.7 Å². The van der Waals surface area contributed by atoms with Crippen LogP contribution in [0.4, 0.5) is 0 Å². The molecule has 6 heterocycles. The number of carbonyl (C=O) groups excluding carboxylic acids is 2. The maximum atomic E-state index is 13.7. The Hall–Kier alpha value is -3.20. The zero-order valence-corrected chi connectivity index (χ0v) is 22.2. The number of pyridine rings is 2. The molecule has 8 nitrogen and oxygen atoms in total. The normalized spacial score (nSPS) is 33.5. The first-order chi connectivity index (χ1) is 18.3. The quantitative estimate of drug-likeness (QED) is 0.516. The fraction of sp³-hybridized carbons (Fsp3) is 0.500. The summed E-state index contributed by atoms with van der Waals surface area (Å²) in [4.78, 5) is 39.3. The summed E-state index contributed by atoms with van der Waals surface area (Å²) in [5.74, 6) is -0.974. The van der Waals surface area contributed by atoms with Crippen LogP contribution in [0.2, 0.25) is 10.0 Å². The van der Waals surface area contributed by atoms with Gasteiger partial charge in [0.15, 0.2) is 0 Å². The van der Waals surface area contributed by atoms with Crippen LogP contribution in [0.1, 0.15) is 62.5 Å². The van der Waals surface area contributed by atoms with Crippen LogP contribution in [0.5, 0.6) is 0 Å². The Kier molecular flexibility index (Phi) is 6.09. The second-order valence-corrected chi connectivity index (χ2v) is 12.1. The Morgan fingerprint density at radius 1 is 0.711 bits per heavy atom. The van der Waals surface area contributed by atoms with Gasteiger partial charge >= 0.3 is 11.8 Å². The molecule has 2 amide bonds. The maximum Gasteiger partial charge on any atom is 0.312 e. The molecule has 4 fully saturated rings. The predicted octanol–water partition coefficient (Wildman–Crippen LogP) is 4.31. The van der Waals surface area contributed by atoms with E-state index in [1.54, 1.807) is 46.7 Å². The number of carbonyl (C=O) groups is 2. The largest absolute Gasteiger partial charge is 0.328 e. The van der Waals surface area contributed by atoms with Gasteiger partial charge < -0.3 is 9.80 Å². The molecule has 4 saturated heterocycles. The topological polar surface area (TPSA) is 114 Å². The molecule has 0 saturated carbocycles. The van der Waals surface area contributed by atoms with Crippen molar-refractivity contribution in [3.63, 3.8) is 0 Å². The maximum absolute atomic E-state index is 13.7. The lowest BCUT2D eigenvalue weighted by atomic mass is 9.71. The van der Waals surface area contributed by atoms with Crippen LogP contribution in [0.3, 0.4) is 0 Å². The number of fused-ring (bicyclic) bond motifs is 4. The number of aromatic nitrogens is 2. The van der Waals surface area contributed by atoms with E-state index in [-0.39, 0.29) is 24.2 Å². The average Bonchev–Trinajstić information content (AvgIpc) is 3.36. The van der Waals surface area contributed by atoms with Gasteiger partial charge in [-0.05, 0) is 74.6 Å². The molecule has 6 atom stereocenters. The van der Waals surface area contributed by atoms with E-state index < -0.39 is 22.6 Å². The first kappa shape index (κ1) is 25.1. The van der Waals surface area contributed by atoms with Crippen LogP contribution in [-0.2, 0) is 20.4 Å². The van der Waals surface area contributed by atoms with Gasteiger partial charge in [0.1, 0.15) is 0 Å². The molecular weight excluding hydrogens is 523 g/mol. The third-order valence-electron chi connectivity index (χ3n) is 9.17. The highest BCUT2D eigenvalue weighted by Crippen LogP contribution is 2.49. The van der Waals surface area contributed by atoms with Gasteiger partial charge in [0.2, 0.25) is 0 Å². The zero-order valence-electron chi connectivity index (χ0n) is 20.7. The van der Waals surface area contributed by atoms with Crippen molar-refractivity contribution in [2.75, 3.05) is 0 Å². The van der Waals surface area contributed by atoms with Gasteiger partial charge in [0, 0.05) is 49.0 Å². The number of piperidine rings is 2. The SMILES string of the molecule is N#CC1(c2cncc(Cl)c2)C[C@H]2CC[C@@H](C1)N2C(=O)C(=O)N1[C@@H]2CC[C@H]1CC(C#N)(c1cncc(Cl)c1)C2. The van der Waals surface area contributed by atoms with Crippen molar-refractivity contribution < 1.29 is 9.59 Å². The molecule has 0 N–H and O–H groups in total. The predicted molar refractivity (Wildman–Crippen MR) is 139 cm³/mol. The van der Waals surface area contributed by atoms with Crippen LogP contribution in [0.15, 0.2) is 36.9 Å². The molecule has 2 unspecified atom stereocenters. The number of nitrogens with zero attached hydrogens (tertiary/aromatic N) is 6. The Morgan fingerprint density at radius 2 is 1.05 bits per heavy atom. The Morgan fingerprint density at radius 3 is 1.34 bits per heavy atom. The summed E-state index contributed by atoms with van der Waals surface area (Å²) in [6, 6.07) is 7.78. The number of amides is 2. The van der Waals surface area contributed by atoms with Crippen LogP contribution in [-0.4, -0.2) is 55.7 Å². The van der Waals surface area contributed by atoms with Crippen molar-refractivity contribution in [1.82, 2.24) is 19.8 Å². The van der Waals surface area contributed by atoms with Crippen LogP contribution in [0.25, 0.3) is 0 Å². The second kappa shape index (κ2) is 9.22. The summed E-state index contributed by atoms with van der Waals surface area (Å²) in [7, 11) is 0. The Bertz CT molecular complexity index is 1270. The zero-order chi connectivity index (χ0) is 26.7. The summed E-state index contributed by atoms with van der Waals surface area (Å²) in [5.41, 5.74) is -0.0450. The van der Waals surface area contributed by atoms with Crippen LogP contribution < -0.4 is 0 Å². The molecular formula is C28H26Cl2N6O2. The lowest BCUT2D eigenvalue weighted by Gasteiger charge is -2.46. The van der Waals surface area contributed by atoms with Gasteiger partial charge in [0.25, 0.3) is 0 Å². The molecule has 4 aliphatic rings. The first-order valence-electron chi connectivity index (χ1n) is 13.0. The third kappa shape index (κ3) is 3.85. The monoisotopic (exact) mass is 548 g/mol. The number of rotatable bonds is 2. The van der Waals surface area contributed by atoms with Crippen LogP contribution >= 0.6 is 23.2 Å². The molecule has 38 heavy (non-hydrogen) atoms. The highest BCUT2D eigenvalue weighted by Gasteiger charge is 2.56. The summed E-state index contributed by atoms with van der Waals surface area (Å²) in [6.07, 6.45) is 11.3. The molecule has 0 radical (unpaired) electrons. The molecule has 0 aromatic carbocycles. The van der Waals surface area contributed by atoms with Gasteiger partial charge in [-0.3, -0.25) is 19.6 Å². The minimum Gasteiger partial charge on any atom is -0.328 e. The van der Waals surface area contributed by atoms with E-state index in [2.05, 4.69) is 22.1 Å². The number of halogens is 2. The second-order valence-electron chi connectivity index (χ2n) is 11.2. The lowest BCUT2D eigenvalue weighted by Crippen LogP contribution is -2.59. The summed E-state index contributed by atoms with van der Waals surface area (Å²) < 4.78 is 0. The highest BCUT2D eigenvalue weighted by molar-refractivity contribution is 6.35. The molecule has 0 spiro atoms. The highest BCUT2D eigenvalue weighted by atomic mass is 35.5. The fourth-order valence-corrected chi connectivity index (χ4v) is 7.86. The number of hydrogen-bond acceptors (Lipinski definition) is 6. The van der Waals surface area contributed by atoms with E-state index in [1.807, 2.05) is 0 Å². The standard InChI is InChI=1S/C28H26Cl2N6O2/c29-19-5-17(11-33-13-19)27(15-31)7-21-1-2-22(8-27)35(21)25(37)26(38)36-23-3-4-24(36)10-28(9-23,16-32)18-6-20(30)14-34-12-18/h5-6,11-14,21-24H,1-4,7-10H2/t21-,22+,23-,24+,27?,28?. The summed E-state index contributed by atoms with van der Waals surface area (Å²) in [6.45, 7) is 0. The first-order valence-corrected chi connectivity index (χ1v) is 13.7. The smallest absolute Gasteiger partial charge is 0.312 e. The fourth-order valence-electron chi connectivity index (χ4n) is 7.51. The molecule has 0 aliphatic carbocycles. The van der Waals surface area contributed by atoms with E-state index in [4.69, 9.17) is 23.2 Å². The molecule has 2 aromatic heterocycles. The molecule has 2 aromatic rings. The van der Waals surface area contributed by atoms with Gasteiger partial charge in [0.05, 0.1) is 33.0 Å². The minimum atomic E-state index is -0.787. The average molecular weight is 549 g/mol. The van der Waals surface area contributed by atoms with Crippen molar-refractivity contribution >= 4 is 35.0 Å². The number of nitriles is 2. The van der Waals surface area contributed by atoms with Crippen molar-refractivity contribution in [1.29, 1.82) is 10.5 Å². The minimum absolute atomic E-state index is 0.193. The van der Waals surface area contributed by atoms with E-state index in [0.717, 1.165) is 36.8 Å². The summed E-state index contributed by atoms with van der Waals surface area (Å²) in [5, 5.41) is 21.4. The van der Waals surface area contributed by atoms with Gasteiger partial charge in [-0.2, -0.15) is 10.5 Å². The van der Waals surface area contributed by atoms with E-state index in [9.17, 15) is 20.1 Å². The van der Waals surface area contributed by atoms with Gasteiger partial charge in [-0.25, -0.2) is 0 Å². The molecule has 194 valence electrons. The van der Waals surface area contributed by atoms with Crippen molar-refractivity contribution in [2.24, 2.45) is 0 Å². The van der Waals surface area contributed by atoms with Gasteiger partial charge in [-0.15, -0.1) is 0 Å². The van der Waals surface area contributed by atoms with Crippen molar-refractivity contribution in [3.05, 3.63) is 58.1 Å². The van der Waals surface area contributed by atoms with Crippen molar-refractivity contribution in [3.8, 4) is 12.1 Å². The number of hydrogen-bond donors (Lipinski definition) is 0. The Balaban J connectivity index is 1.22. The van der Waals surface area contributed by atoms with Crippen molar-refractivity contribution in [2.45, 2.75) is 86.4 Å². The molecule has 10 heteroatoms. The molecule has 6 rings (SSSR count). The lowest BCUT2D eigenvalue weighted by molar-refractivity contribution is -0.158. The summed E-state index contributed by atoms with van der Waals surface area (Å²) >= 11 is 12.3. The molecule has 4 bridgehead atoms. The van der Waals surface area contributed by atoms with Gasteiger partial charge in [-0.1, -0.05) is 23.2 Å². The Labute approximate surface area is 231 Å². The third-order valence-corrected chi connectivity index (χ3v) is 9.58. The van der Waals surface area contributed by atoms with E-state index >= 15 is 0 Å².